The third-order valence-corrected chi connectivity index (χ3v) is 4.66. The molecular formula is C21H19F2N3O3. The smallest absolute Gasteiger partial charge is 0.254 e. The van der Waals surface area contributed by atoms with Crippen molar-refractivity contribution in [3.8, 4) is 0 Å². The molecule has 29 heavy (non-hydrogen) atoms. The zero-order valence-electron chi connectivity index (χ0n) is 15.5. The van der Waals surface area contributed by atoms with E-state index in [2.05, 4.69) is 15.6 Å². The lowest BCUT2D eigenvalue weighted by Gasteiger charge is -2.07. The minimum atomic E-state index is -0.923. The number of aromatic nitrogens is 1. The molecule has 2 N–H and O–H groups in total. The molecule has 150 valence electrons. The van der Waals surface area contributed by atoms with Crippen molar-refractivity contribution in [1.29, 1.82) is 0 Å². The fourth-order valence-corrected chi connectivity index (χ4v) is 2.97. The molecule has 8 heteroatoms. The number of benzene rings is 2. The summed E-state index contributed by atoms with van der Waals surface area (Å²) in [5.41, 5.74) is 1.79. The van der Waals surface area contributed by atoms with E-state index in [1.165, 1.54) is 0 Å². The summed E-state index contributed by atoms with van der Waals surface area (Å²) in [7, 11) is 0. The maximum absolute atomic E-state index is 13.6. The number of rotatable bonds is 7. The predicted molar refractivity (Wildman–Crippen MR) is 103 cm³/mol. The molecule has 0 saturated heterocycles. The van der Waals surface area contributed by atoms with Crippen LogP contribution < -0.4 is 10.6 Å². The highest BCUT2D eigenvalue weighted by molar-refractivity contribution is 5.95. The minimum absolute atomic E-state index is 0.177. The van der Waals surface area contributed by atoms with E-state index in [4.69, 9.17) is 4.42 Å². The number of nitrogens with zero attached hydrogens (tertiary/aromatic N) is 1. The molecule has 1 aliphatic rings. The van der Waals surface area contributed by atoms with Crippen LogP contribution in [0, 0.1) is 11.6 Å². The molecule has 2 amide bonds. The van der Waals surface area contributed by atoms with E-state index in [0.717, 1.165) is 30.9 Å². The lowest BCUT2D eigenvalue weighted by molar-refractivity contribution is -0.116. The highest BCUT2D eigenvalue weighted by atomic mass is 19.1. The molecule has 0 aliphatic heterocycles. The molecule has 6 nitrogen and oxygen atoms in total. The standard InChI is InChI=1S/C21H19F2N3O3/c22-13-5-7-15(16(23)10-13)20(28)24-9-1-2-19(27)25-14-6-8-18-17(11-14)26-21(29-18)12-3-4-12/h5-8,10-12H,1-4,9H2,(H,24,28)(H,25,27). The average Bonchev–Trinajstić information content (AvgIpc) is 3.44. The number of oxazole rings is 1. The summed E-state index contributed by atoms with van der Waals surface area (Å²) in [4.78, 5) is 28.5. The van der Waals surface area contributed by atoms with Gasteiger partial charge in [-0.2, -0.15) is 0 Å². The van der Waals surface area contributed by atoms with Gasteiger partial charge in [0.25, 0.3) is 5.91 Å². The summed E-state index contributed by atoms with van der Waals surface area (Å²) >= 11 is 0. The van der Waals surface area contributed by atoms with Crippen LogP contribution in [0.3, 0.4) is 0 Å². The Bertz CT molecular complexity index is 1080. The zero-order chi connectivity index (χ0) is 20.4. The van der Waals surface area contributed by atoms with Crippen LogP contribution in [0.1, 0.15) is 47.8 Å². The molecule has 0 spiro atoms. The lowest BCUT2D eigenvalue weighted by Crippen LogP contribution is -2.26. The molecular weight excluding hydrogens is 380 g/mol. The molecule has 1 aromatic heterocycles. The van der Waals surface area contributed by atoms with Crippen LogP contribution in [0.15, 0.2) is 40.8 Å². The Morgan fingerprint density at radius 1 is 1.14 bits per heavy atom. The van der Waals surface area contributed by atoms with Gasteiger partial charge in [0.1, 0.15) is 17.2 Å². The summed E-state index contributed by atoms with van der Waals surface area (Å²) in [6, 6.07) is 8.05. The van der Waals surface area contributed by atoms with E-state index < -0.39 is 17.5 Å². The summed E-state index contributed by atoms with van der Waals surface area (Å²) in [5, 5.41) is 5.31. The van der Waals surface area contributed by atoms with Gasteiger partial charge in [-0.15, -0.1) is 0 Å². The first-order chi connectivity index (χ1) is 14.0. The van der Waals surface area contributed by atoms with Crippen LogP contribution in [-0.2, 0) is 4.79 Å². The number of hydrogen-bond donors (Lipinski definition) is 2. The van der Waals surface area contributed by atoms with Crippen molar-refractivity contribution in [3.05, 3.63) is 59.5 Å². The Kier molecular flexibility index (Phi) is 5.24. The number of carbonyl (C=O) groups excluding carboxylic acids is 2. The largest absolute Gasteiger partial charge is 0.440 e. The molecule has 0 radical (unpaired) electrons. The molecule has 0 bridgehead atoms. The highest BCUT2D eigenvalue weighted by Crippen LogP contribution is 2.40. The van der Waals surface area contributed by atoms with Crippen LogP contribution in [0.5, 0.6) is 0 Å². The van der Waals surface area contributed by atoms with Crippen LogP contribution in [0.4, 0.5) is 14.5 Å². The van der Waals surface area contributed by atoms with E-state index >= 15 is 0 Å². The molecule has 1 fully saturated rings. The number of fused-ring (bicyclic) bond motifs is 1. The van der Waals surface area contributed by atoms with Gasteiger partial charge in [-0.25, -0.2) is 13.8 Å². The Balaban J connectivity index is 1.24. The van der Waals surface area contributed by atoms with Crippen LogP contribution in [0.25, 0.3) is 11.1 Å². The third-order valence-electron chi connectivity index (χ3n) is 4.66. The number of amides is 2. The van der Waals surface area contributed by atoms with Crippen molar-refractivity contribution < 1.29 is 22.8 Å². The molecule has 1 saturated carbocycles. The number of anilines is 1. The Labute approximate surface area is 165 Å². The van der Waals surface area contributed by atoms with Crippen molar-refractivity contribution in [3.63, 3.8) is 0 Å². The number of nitrogens with one attached hydrogen (secondary N) is 2. The van der Waals surface area contributed by atoms with Gasteiger partial charge in [-0.1, -0.05) is 0 Å². The van der Waals surface area contributed by atoms with Crippen LogP contribution in [-0.4, -0.2) is 23.3 Å². The first kappa shape index (κ1) is 19.0. The normalized spacial score (nSPS) is 13.4. The Morgan fingerprint density at radius 3 is 2.72 bits per heavy atom. The SMILES string of the molecule is O=C(CCCNC(=O)c1ccc(F)cc1F)Nc1ccc2oc(C3CC3)nc2c1. The maximum atomic E-state index is 13.6. The van der Waals surface area contributed by atoms with Gasteiger partial charge < -0.3 is 15.1 Å². The fourth-order valence-electron chi connectivity index (χ4n) is 2.97. The third kappa shape index (κ3) is 4.59. The quantitative estimate of drug-likeness (QED) is 0.585. The van der Waals surface area contributed by atoms with Gasteiger partial charge in [-0.3, -0.25) is 9.59 Å². The van der Waals surface area contributed by atoms with Gasteiger partial charge in [-0.05, 0) is 49.6 Å². The molecule has 4 rings (SSSR count). The second kappa shape index (κ2) is 7.98. The van der Waals surface area contributed by atoms with Crippen molar-refractivity contribution in [2.75, 3.05) is 11.9 Å². The monoisotopic (exact) mass is 399 g/mol. The second-order valence-electron chi connectivity index (χ2n) is 7.04. The van der Waals surface area contributed by atoms with Gasteiger partial charge in [0.05, 0.1) is 5.56 Å². The molecule has 1 aliphatic carbocycles. The Hall–Kier alpha value is -3.29. The van der Waals surface area contributed by atoms with E-state index in [-0.39, 0.29) is 24.4 Å². The molecule has 3 aromatic rings. The first-order valence-corrected chi connectivity index (χ1v) is 9.43. The number of carbonyl (C=O) groups is 2. The maximum Gasteiger partial charge on any atom is 0.254 e. The van der Waals surface area contributed by atoms with Crippen molar-refractivity contribution in [2.45, 2.75) is 31.6 Å². The summed E-state index contributed by atoms with van der Waals surface area (Å²) < 4.78 is 32.1. The average molecular weight is 399 g/mol. The minimum Gasteiger partial charge on any atom is -0.440 e. The predicted octanol–water partition coefficient (Wildman–Crippen LogP) is 4.13. The van der Waals surface area contributed by atoms with Crippen molar-refractivity contribution in [2.24, 2.45) is 0 Å². The first-order valence-electron chi connectivity index (χ1n) is 9.43. The van der Waals surface area contributed by atoms with E-state index in [1.54, 1.807) is 18.2 Å². The zero-order valence-corrected chi connectivity index (χ0v) is 15.5. The summed E-state index contributed by atoms with van der Waals surface area (Å²) in [6.07, 6.45) is 2.75. The van der Waals surface area contributed by atoms with Gasteiger partial charge >= 0.3 is 0 Å². The summed E-state index contributed by atoms with van der Waals surface area (Å²) in [5.74, 6) is -1.36. The van der Waals surface area contributed by atoms with Crippen molar-refractivity contribution in [1.82, 2.24) is 10.3 Å². The second-order valence-corrected chi connectivity index (χ2v) is 7.04. The number of hydrogen-bond acceptors (Lipinski definition) is 4. The topological polar surface area (TPSA) is 84.2 Å². The number of halogens is 2. The van der Waals surface area contributed by atoms with E-state index in [1.807, 2.05) is 0 Å². The van der Waals surface area contributed by atoms with Gasteiger partial charge in [0, 0.05) is 30.6 Å². The molecule has 1 heterocycles. The fraction of sp³-hybridized carbons (Fsp3) is 0.286. The molecule has 0 unspecified atom stereocenters. The van der Waals surface area contributed by atoms with Crippen LogP contribution >= 0.6 is 0 Å². The van der Waals surface area contributed by atoms with Gasteiger partial charge in [0.2, 0.25) is 5.91 Å². The van der Waals surface area contributed by atoms with Crippen LogP contribution in [0.2, 0.25) is 0 Å². The van der Waals surface area contributed by atoms with Crippen molar-refractivity contribution >= 4 is 28.6 Å². The highest BCUT2D eigenvalue weighted by Gasteiger charge is 2.28. The van der Waals surface area contributed by atoms with E-state index in [0.29, 0.717) is 35.2 Å². The Morgan fingerprint density at radius 2 is 1.97 bits per heavy atom. The lowest BCUT2D eigenvalue weighted by atomic mass is 10.2. The van der Waals surface area contributed by atoms with Gasteiger partial charge in [0.15, 0.2) is 11.5 Å². The van der Waals surface area contributed by atoms with E-state index in [9.17, 15) is 18.4 Å². The summed E-state index contributed by atoms with van der Waals surface area (Å²) in [6.45, 7) is 0.191. The molecule has 2 aromatic carbocycles. The molecule has 0 atom stereocenters.